The van der Waals surface area contributed by atoms with E-state index in [0.29, 0.717) is 0 Å². The van der Waals surface area contributed by atoms with Gasteiger partial charge in [0.05, 0.1) is 7.11 Å². The van der Waals surface area contributed by atoms with Gasteiger partial charge in [-0.25, -0.2) is 4.21 Å². The van der Waals surface area contributed by atoms with Gasteiger partial charge in [0.25, 0.3) is 0 Å². The van der Waals surface area contributed by atoms with E-state index in [1.54, 1.807) is 0 Å². The van der Waals surface area contributed by atoms with Crippen molar-refractivity contribution in [3.63, 3.8) is 0 Å². The molecule has 0 aliphatic heterocycles. The van der Waals surface area contributed by atoms with E-state index in [9.17, 15) is 9.00 Å². The van der Waals surface area contributed by atoms with Crippen LogP contribution in [0.5, 0.6) is 5.75 Å². The van der Waals surface area contributed by atoms with Crippen LogP contribution in [-0.4, -0.2) is 21.8 Å². The number of amides is 1. The zero-order valence-electron chi connectivity index (χ0n) is 7.39. The summed E-state index contributed by atoms with van der Waals surface area (Å²) in [7, 11) is 1.37. The van der Waals surface area contributed by atoms with Gasteiger partial charge in [-0.05, 0) is 18.2 Å². The summed E-state index contributed by atoms with van der Waals surface area (Å²) in [5.74, 6) is -0.407. The van der Waals surface area contributed by atoms with Gasteiger partial charge in [-0.3, -0.25) is 4.79 Å². The number of carbonyl (C=O) groups excluding carboxylic acids is 1. The SMILES string of the molecule is COc1ccc(C(N)=O)cc1S(=O)O. The fourth-order valence-corrected chi connectivity index (χ4v) is 1.52. The lowest BCUT2D eigenvalue weighted by Gasteiger charge is -2.05. The van der Waals surface area contributed by atoms with Gasteiger partial charge < -0.3 is 15.0 Å². The molecule has 6 heteroatoms. The molecule has 1 unspecified atom stereocenters. The number of ether oxygens (including phenoxy) is 1. The monoisotopic (exact) mass is 215 g/mol. The van der Waals surface area contributed by atoms with Crippen molar-refractivity contribution in [3.05, 3.63) is 23.8 Å². The molecule has 0 radical (unpaired) electrons. The topological polar surface area (TPSA) is 89.6 Å². The third-order valence-corrected chi connectivity index (χ3v) is 2.33. The summed E-state index contributed by atoms with van der Waals surface area (Å²) in [6.07, 6.45) is 0. The molecule has 3 N–H and O–H groups in total. The van der Waals surface area contributed by atoms with Crippen LogP contribution in [0.3, 0.4) is 0 Å². The summed E-state index contributed by atoms with van der Waals surface area (Å²) in [5.41, 5.74) is 5.18. The third kappa shape index (κ3) is 2.09. The Bertz CT molecular complexity index is 391. The second kappa shape index (κ2) is 4.21. The Kier molecular flexibility index (Phi) is 3.21. The molecule has 14 heavy (non-hydrogen) atoms. The first-order valence-corrected chi connectivity index (χ1v) is 4.75. The number of methoxy groups -OCH3 is 1. The average molecular weight is 215 g/mol. The Morgan fingerprint density at radius 2 is 2.21 bits per heavy atom. The molecule has 1 amide bonds. The minimum atomic E-state index is -2.20. The fraction of sp³-hybridized carbons (Fsp3) is 0.125. The minimum absolute atomic E-state index is 0.0313. The van der Waals surface area contributed by atoms with Crippen molar-refractivity contribution in [3.8, 4) is 5.75 Å². The molecule has 0 aromatic heterocycles. The van der Waals surface area contributed by atoms with Crippen LogP contribution in [0.15, 0.2) is 23.1 Å². The minimum Gasteiger partial charge on any atom is -0.495 e. The maximum Gasteiger partial charge on any atom is 0.248 e. The number of nitrogens with two attached hydrogens (primary N) is 1. The Balaban J connectivity index is 3.27. The highest BCUT2D eigenvalue weighted by atomic mass is 32.2. The summed E-state index contributed by atoms with van der Waals surface area (Å²) in [5, 5.41) is 0. The Morgan fingerprint density at radius 3 is 2.64 bits per heavy atom. The second-order valence-corrected chi connectivity index (χ2v) is 3.42. The Morgan fingerprint density at radius 1 is 1.57 bits per heavy atom. The van der Waals surface area contributed by atoms with Gasteiger partial charge in [0.15, 0.2) is 11.1 Å². The van der Waals surface area contributed by atoms with Crippen molar-refractivity contribution < 1.29 is 18.3 Å². The second-order valence-electron chi connectivity index (χ2n) is 2.48. The lowest BCUT2D eigenvalue weighted by Crippen LogP contribution is -2.11. The van der Waals surface area contributed by atoms with Crippen LogP contribution in [0.2, 0.25) is 0 Å². The largest absolute Gasteiger partial charge is 0.495 e. The summed E-state index contributed by atoms with van der Waals surface area (Å²) in [6.45, 7) is 0. The highest BCUT2D eigenvalue weighted by molar-refractivity contribution is 7.79. The number of carbonyl (C=O) groups is 1. The van der Waals surface area contributed by atoms with Gasteiger partial charge in [0, 0.05) is 5.56 Å². The molecule has 0 aliphatic rings. The van der Waals surface area contributed by atoms with Gasteiger partial charge in [-0.1, -0.05) is 0 Å². The van der Waals surface area contributed by atoms with Crippen LogP contribution in [-0.2, 0) is 11.1 Å². The summed E-state index contributed by atoms with van der Waals surface area (Å²) in [6, 6.07) is 4.08. The Hall–Kier alpha value is -1.40. The normalized spacial score (nSPS) is 12.1. The van der Waals surface area contributed by atoms with E-state index in [-0.39, 0.29) is 16.2 Å². The maximum absolute atomic E-state index is 10.8. The van der Waals surface area contributed by atoms with Crippen LogP contribution < -0.4 is 10.5 Å². The summed E-state index contributed by atoms with van der Waals surface area (Å²) < 4.78 is 24.6. The quantitative estimate of drug-likeness (QED) is 0.713. The number of hydrogen-bond acceptors (Lipinski definition) is 3. The highest BCUT2D eigenvalue weighted by Crippen LogP contribution is 2.22. The smallest absolute Gasteiger partial charge is 0.248 e. The van der Waals surface area contributed by atoms with Gasteiger partial charge in [-0.15, -0.1) is 0 Å². The van der Waals surface area contributed by atoms with Gasteiger partial charge in [-0.2, -0.15) is 0 Å². The first-order chi connectivity index (χ1) is 6.56. The zero-order valence-corrected chi connectivity index (χ0v) is 8.21. The highest BCUT2D eigenvalue weighted by Gasteiger charge is 2.11. The standard InChI is InChI=1S/C8H9NO4S/c1-13-6-3-2-5(8(9)10)4-7(6)14(11)12/h2-4H,1H3,(H2,9,10)(H,11,12). The lowest BCUT2D eigenvalue weighted by molar-refractivity contribution is 0.1000. The molecule has 0 heterocycles. The van der Waals surface area contributed by atoms with E-state index in [4.69, 9.17) is 15.0 Å². The molecule has 0 fully saturated rings. The molecule has 0 spiro atoms. The molecule has 0 bridgehead atoms. The van der Waals surface area contributed by atoms with E-state index in [1.165, 1.54) is 25.3 Å². The van der Waals surface area contributed by atoms with Gasteiger partial charge >= 0.3 is 0 Å². The summed E-state index contributed by atoms with van der Waals surface area (Å²) >= 11 is -2.20. The van der Waals surface area contributed by atoms with Crippen molar-refractivity contribution in [2.45, 2.75) is 4.90 Å². The molecule has 0 aliphatic carbocycles. The number of hydrogen-bond donors (Lipinski definition) is 2. The number of rotatable bonds is 3. The van der Waals surface area contributed by atoms with Crippen LogP contribution in [0.25, 0.3) is 0 Å². The van der Waals surface area contributed by atoms with Crippen LogP contribution >= 0.6 is 0 Å². The van der Waals surface area contributed by atoms with Crippen molar-refractivity contribution in [1.82, 2.24) is 0 Å². The fourth-order valence-electron chi connectivity index (χ4n) is 0.966. The molecule has 0 saturated heterocycles. The van der Waals surface area contributed by atoms with E-state index in [0.717, 1.165) is 0 Å². The first-order valence-electron chi connectivity index (χ1n) is 3.65. The Labute approximate surface area is 83.2 Å². The molecule has 1 aromatic rings. The third-order valence-electron chi connectivity index (χ3n) is 1.64. The van der Waals surface area contributed by atoms with E-state index in [2.05, 4.69) is 0 Å². The van der Waals surface area contributed by atoms with Crippen molar-refractivity contribution in [2.24, 2.45) is 5.73 Å². The first kappa shape index (κ1) is 10.7. The lowest BCUT2D eigenvalue weighted by atomic mass is 10.2. The predicted octanol–water partition coefficient (Wildman–Crippen LogP) is 0.375. The molecule has 1 atom stereocenters. The van der Waals surface area contributed by atoms with Gasteiger partial charge in [0.2, 0.25) is 5.91 Å². The van der Waals surface area contributed by atoms with E-state index >= 15 is 0 Å². The molecule has 1 rings (SSSR count). The molecule has 5 nitrogen and oxygen atoms in total. The number of primary amides is 1. The maximum atomic E-state index is 10.8. The van der Waals surface area contributed by atoms with Crippen molar-refractivity contribution in [2.75, 3.05) is 7.11 Å². The van der Waals surface area contributed by atoms with E-state index in [1.807, 2.05) is 0 Å². The molecule has 76 valence electrons. The van der Waals surface area contributed by atoms with Crippen molar-refractivity contribution in [1.29, 1.82) is 0 Å². The average Bonchev–Trinajstić information content (AvgIpc) is 2.16. The summed E-state index contributed by atoms with van der Waals surface area (Å²) in [4.78, 5) is 10.8. The number of benzene rings is 1. The van der Waals surface area contributed by atoms with Gasteiger partial charge in [0.1, 0.15) is 10.6 Å². The molecular weight excluding hydrogens is 206 g/mol. The molecule has 1 aromatic carbocycles. The molecule has 0 saturated carbocycles. The molecular formula is C8H9NO4S. The van der Waals surface area contributed by atoms with Crippen LogP contribution in [0, 0.1) is 0 Å². The van der Waals surface area contributed by atoms with Crippen LogP contribution in [0.4, 0.5) is 0 Å². The predicted molar refractivity (Wildman–Crippen MR) is 50.5 cm³/mol. The van der Waals surface area contributed by atoms with Crippen molar-refractivity contribution >= 4 is 17.0 Å². The van der Waals surface area contributed by atoms with E-state index < -0.39 is 17.0 Å². The van der Waals surface area contributed by atoms with Crippen LogP contribution in [0.1, 0.15) is 10.4 Å². The zero-order chi connectivity index (χ0) is 10.7.